The van der Waals surface area contributed by atoms with Gasteiger partial charge in [0.05, 0.1) is 12.9 Å². The van der Waals surface area contributed by atoms with Gasteiger partial charge in [-0.1, -0.05) is 25.6 Å². The highest BCUT2D eigenvalue weighted by molar-refractivity contribution is 7.98. The van der Waals surface area contributed by atoms with E-state index in [1.54, 1.807) is 0 Å². The molecule has 0 spiro atoms. The summed E-state index contributed by atoms with van der Waals surface area (Å²) in [4.78, 5) is 15.5. The Bertz CT molecular complexity index is 595. The zero-order valence-electron chi connectivity index (χ0n) is 12.1. The Kier molecular flexibility index (Phi) is 5.26. The fraction of sp³-hybridized carbons (Fsp3) is 0.636. The smallest absolute Gasteiger partial charge is 0.327 e. The molecule has 0 N–H and O–H groups in total. The van der Waals surface area contributed by atoms with Gasteiger partial charge >= 0.3 is 5.97 Å². The molecular formula is C11H17N7O2S. The van der Waals surface area contributed by atoms with Crippen molar-refractivity contribution in [3.05, 3.63) is 12.2 Å². The lowest BCUT2D eigenvalue weighted by Crippen LogP contribution is -2.14. The first-order valence-corrected chi connectivity index (χ1v) is 7.41. The molecule has 0 amide bonds. The largest absolute Gasteiger partial charge is 0.468 e. The predicted octanol–water partition coefficient (Wildman–Crippen LogP) is 0.386. The Balaban J connectivity index is 1.99. The lowest BCUT2D eigenvalue weighted by molar-refractivity contribution is -0.141. The summed E-state index contributed by atoms with van der Waals surface area (Å²) < 4.78 is 7.87. The van der Waals surface area contributed by atoms with E-state index in [1.807, 2.05) is 4.68 Å². The molecule has 0 atom stereocenters. The van der Waals surface area contributed by atoms with E-state index in [-0.39, 0.29) is 6.54 Å². The van der Waals surface area contributed by atoms with Crippen LogP contribution in [0.3, 0.4) is 0 Å². The molecule has 2 heterocycles. The second-order valence-corrected chi connectivity index (χ2v) is 5.68. The zero-order valence-corrected chi connectivity index (χ0v) is 12.9. The topological polar surface area (TPSA) is 101 Å². The van der Waals surface area contributed by atoms with Crippen LogP contribution in [0.4, 0.5) is 0 Å². The molecule has 0 aliphatic heterocycles. The van der Waals surface area contributed by atoms with Gasteiger partial charge in [0, 0.05) is 6.54 Å². The summed E-state index contributed by atoms with van der Waals surface area (Å²) >= 11 is 1.40. The van der Waals surface area contributed by atoms with E-state index in [1.165, 1.54) is 29.9 Å². The standard InChI is InChI=1S/C11H17N7O2S/c1-8(2)4-17-9(12-7-13-17)6-21-11-14-15-16-18(11)5-10(19)20-3/h7-8H,4-6H2,1-3H3. The number of hydrogen-bond acceptors (Lipinski definition) is 8. The van der Waals surface area contributed by atoms with Crippen LogP contribution in [0.15, 0.2) is 11.5 Å². The Morgan fingerprint density at radius 2 is 2.24 bits per heavy atom. The Hall–Kier alpha value is -1.97. The number of hydrogen-bond donors (Lipinski definition) is 0. The fourth-order valence-corrected chi connectivity index (χ4v) is 2.44. The highest BCUT2D eigenvalue weighted by Gasteiger charge is 2.13. The van der Waals surface area contributed by atoms with E-state index in [4.69, 9.17) is 0 Å². The van der Waals surface area contributed by atoms with E-state index >= 15 is 0 Å². The molecule has 0 saturated carbocycles. The molecule has 0 aliphatic rings. The Labute approximate surface area is 126 Å². The maximum absolute atomic E-state index is 11.3. The van der Waals surface area contributed by atoms with Gasteiger partial charge in [-0.2, -0.15) is 5.10 Å². The first kappa shape index (κ1) is 15.4. The van der Waals surface area contributed by atoms with Crippen LogP contribution in [0.5, 0.6) is 0 Å². The SMILES string of the molecule is COC(=O)Cn1nnnc1SCc1ncnn1CC(C)C. The molecule has 0 fully saturated rings. The molecule has 2 aromatic rings. The summed E-state index contributed by atoms with van der Waals surface area (Å²) in [6.45, 7) is 5.04. The van der Waals surface area contributed by atoms with Crippen LogP contribution in [0.1, 0.15) is 19.7 Å². The van der Waals surface area contributed by atoms with Crippen LogP contribution >= 0.6 is 11.8 Å². The van der Waals surface area contributed by atoms with Crippen molar-refractivity contribution in [1.82, 2.24) is 35.0 Å². The molecule has 114 valence electrons. The molecule has 0 aliphatic carbocycles. The van der Waals surface area contributed by atoms with E-state index in [0.29, 0.717) is 16.8 Å². The number of methoxy groups -OCH3 is 1. The predicted molar refractivity (Wildman–Crippen MR) is 74.3 cm³/mol. The van der Waals surface area contributed by atoms with Gasteiger partial charge in [-0.3, -0.25) is 4.79 Å². The van der Waals surface area contributed by atoms with Gasteiger partial charge < -0.3 is 4.74 Å². The maximum atomic E-state index is 11.3. The molecular weight excluding hydrogens is 294 g/mol. The van der Waals surface area contributed by atoms with Crippen LogP contribution in [-0.2, 0) is 28.4 Å². The second-order valence-electron chi connectivity index (χ2n) is 4.74. The van der Waals surface area contributed by atoms with Gasteiger partial charge in [0.25, 0.3) is 0 Å². The highest BCUT2D eigenvalue weighted by atomic mass is 32.2. The summed E-state index contributed by atoms with van der Waals surface area (Å²) in [7, 11) is 1.33. The van der Waals surface area contributed by atoms with Gasteiger partial charge in [0.15, 0.2) is 0 Å². The van der Waals surface area contributed by atoms with Crippen molar-refractivity contribution in [2.45, 2.75) is 37.8 Å². The summed E-state index contributed by atoms with van der Waals surface area (Å²) in [6.07, 6.45) is 1.54. The average molecular weight is 311 g/mol. The van der Waals surface area contributed by atoms with Gasteiger partial charge in [-0.15, -0.1) is 5.10 Å². The molecule has 10 heteroatoms. The van der Waals surface area contributed by atoms with Crippen LogP contribution in [0, 0.1) is 5.92 Å². The van der Waals surface area contributed by atoms with Gasteiger partial charge in [0.2, 0.25) is 5.16 Å². The van der Waals surface area contributed by atoms with Crippen LogP contribution in [-0.4, -0.2) is 48.1 Å². The minimum atomic E-state index is -0.396. The number of carbonyl (C=O) groups is 1. The molecule has 21 heavy (non-hydrogen) atoms. The number of aromatic nitrogens is 7. The number of thioether (sulfide) groups is 1. The lowest BCUT2D eigenvalue weighted by Gasteiger charge is -2.08. The number of rotatable bonds is 7. The third kappa shape index (κ3) is 4.25. The monoisotopic (exact) mass is 311 g/mol. The molecule has 2 rings (SSSR count). The van der Waals surface area contributed by atoms with Gasteiger partial charge in [0.1, 0.15) is 18.7 Å². The average Bonchev–Trinajstić information content (AvgIpc) is 3.05. The molecule has 9 nitrogen and oxygen atoms in total. The number of nitrogens with zero attached hydrogens (tertiary/aromatic N) is 7. The maximum Gasteiger partial charge on any atom is 0.327 e. The number of ether oxygens (including phenoxy) is 1. The highest BCUT2D eigenvalue weighted by Crippen LogP contribution is 2.19. The van der Waals surface area contributed by atoms with Crippen LogP contribution in [0.2, 0.25) is 0 Å². The fourth-order valence-electron chi connectivity index (χ4n) is 1.61. The molecule has 0 unspecified atom stereocenters. The summed E-state index contributed by atoms with van der Waals surface area (Å²) in [5.74, 6) is 1.52. The van der Waals surface area contributed by atoms with Crippen molar-refractivity contribution in [1.29, 1.82) is 0 Å². The van der Waals surface area contributed by atoms with Crippen molar-refractivity contribution in [3.63, 3.8) is 0 Å². The second kappa shape index (κ2) is 7.16. The lowest BCUT2D eigenvalue weighted by atomic mass is 10.2. The van der Waals surface area contributed by atoms with E-state index in [0.717, 1.165) is 12.4 Å². The van der Waals surface area contributed by atoms with Gasteiger partial charge in [-0.25, -0.2) is 14.3 Å². The van der Waals surface area contributed by atoms with Crippen molar-refractivity contribution < 1.29 is 9.53 Å². The third-order valence-electron chi connectivity index (χ3n) is 2.57. The molecule has 0 saturated heterocycles. The van der Waals surface area contributed by atoms with E-state index in [9.17, 15) is 4.79 Å². The number of esters is 1. The number of carbonyl (C=O) groups excluding carboxylic acids is 1. The van der Waals surface area contributed by atoms with E-state index < -0.39 is 5.97 Å². The number of tetrazole rings is 1. The van der Waals surface area contributed by atoms with Gasteiger partial charge in [-0.05, 0) is 16.3 Å². The first-order chi connectivity index (χ1) is 10.1. The summed E-state index contributed by atoms with van der Waals surface area (Å²) in [5, 5.41) is 16.0. The minimum absolute atomic E-state index is 0.00941. The van der Waals surface area contributed by atoms with Crippen LogP contribution in [0.25, 0.3) is 0 Å². The normalized spacial score (nSPS) is 11.0. The van der Waals surface area contributed by atoms with Crippen molar-refractivity contribution in [2.75, 3.05) is 7.11 Å². The molecule has 0 radical (unpaired) electrons. The van der Waals surface area contributed by atoms with Crippen LogP contribution < -0.4 is 0 Å². The van der Waals surface area contributed by atoms with Crippen molar-refractivity contribution >= 4 is 17.7 Å². The summed E-state index contributed by atoms with van der Waals surface area (Å²) in [5.41, 5.74) is 0. The quantitative estimate of drug-likeness (QED) is 0.534. The molecule has 0 aromatic carbocycles. The minimum Gasteiger partial charge on any atom is -0.468 e. The van der Waals surface area contributed by atoms with Crippen molar-refractivity contribution in [3.8, 4) is 0 Å². The molecule has 2 aromatic heterocycles. The third-order valence-corrected chi connectivity index (χ3v) is 3.52. The van der Waals surface area contributed by atoms with E-state index in [2.05, 4.69) is 44.2 Å². The summed E-state index contributed by atoms with van der Waals surface area (Å²) in [6, 6.07) is 0. The van der Waals surface area contributed by atoms with Crippen molar-refractivity contribution in [2.24, 2.45) is 5.92 Å². The molecule has 0 bridgehead atoms. The Morgan fingerprint density at radius 1 is 1.43 bits per heavy atom. The Morgan fingerprint density at radius 3 is 2.95 bits per heavy atom. The zero-order chi connectivity index (χ0) is 15.2. The first-order valence-electron chi connectivity index (χ1n) is 6.42.